The Morgan fingerprint density at radius 2 is 1.38 bits per heavy atom. The molecule has 8 heteroatoms. The molecule has 0 spiro atoms. The van der Waals surface area contributed by atoms with Gasteiger partial charge in [0.05, 0.1) is 6.61 Å². The lowest BCUT2D eigenvalue weighted by Gasteiger charge is -2.18. The van der Waals surface area contributed by atoms with Crippen LogP contribution < -0.4 is 20.7 Å². The minimum atomic E-state index is -0.510. The maximum absolute atomic E-state index is 13.6. The maximum Gasteiger partial charge on any atom is 0.272 e. The molecule has 0 fully saturated rings. The number of carbonyl (C=O) groups is 3. The number of aryl methyl sites for hydroxylation is 1. The fraction of sp³-hybridized carbons (Fsp3) is 0.103. The van der Waals surface area contributed by atoms with Gasteiger partial charge < -0.3 is 20.7 Å². The summed E-state index contributed by atoms with van der Waals surface area (Å²) in [6.07, 6.45) is 1.60. The third-order valence-electron chi connectivity index (χ3n) is 7.16. The number of benzene rings is 5. The van der Waals surface area contributed by atoms with Crippen molar-refractivity contribution in [3.05, 3.63) is 161 Å². The lowest BCUT2D eigenvalue weighted by molar-refractivity contribution is -0.116. The largest absolute Gasteiger partial charge is 0.493 e. The van der Waals surface area contributed by atoms with Crippen LogP contribution in [0.1, 0.15) is 39.2 Å². The molecule has 0 aliphatic heterocycles. The number of ether oxygens (including phenoxy) is 1. The average Bonchev–Trinajstić information content (AvgIpc) is 3.10. The Kier molecular flexibility index (Phi) is 11.2. The summed E-state index contributed by atoms with van der Waals surface area (Å²) in [7, 11) is 0. The number of nitrogens with one attached hydrogen (secondary N) is 3. The van der Waals surface area contributed by atoms with Crippen LogP contribution in [0.4, 0.5) is 11.4 Å². The van der Waals surface area contributed by atoms with E-state index in [2.05, 4.69) is 16.0 Å². The smallest absolute Gasteiger partial charge is 0.272 e. The van der Waals surface area contributed by atoms with Crippen molar-refractivity contribution >= 4 is 46.9 Å². The van der Waals surface area contributed by atoms with Crippen LogP contribution in [0.15, 0.2) is 144 Å². The first-order valence-corrected chi connectivity index (χ1v) is 16.1. The van der Waals surface area contributed by atoms with E-state index in [4.69, 9.17) is 4.74 Å². The molecular formula is C39H35N3O4S. The Balaban J connectivity index is 1.35. The maximum atomic E-state index is 13.6. The second kappa shape index (κ2) is 16.1. The summed E-state index contributed by atoms with van der Waals surface area (Å²) >= 11 is 1.42. The number of amides is 3. The van der Waals surface area contributed by atoms with Crippen LogP contribution in [0.25, 0.3) is 6.08 Å². The molecule has 1 atom stereocenters. The number of carbonyl (C=O) groups excluding carboxylic acids is 3. The second-order valence-electron chi connectivity index (χ2n) is 10.5. The Labute approximate surface area is 279 Å². The summed E-state index contributed by atoms with van der Waals surface area (Å²) in [5.74, 6) is -0.455. The zero-order chi connectivity index (χ0) is 33.0. The van der Waals surface area contributed by atoms with Crippen molar-refractivity contribution in [1.29, 1.82) is 0 Å². The van der Waals surface area contributed by atoms with Crippen molar-refractivity contribution in [2.75, 3.05) is 17.2 Å². The van der Waals surface area contributed by atoms with Crippen molar-refractivity contribution in [3.63, 3.8) is 0 Å². The van der Waals surface area contributed by atoms with Crippen LogP contribution in [0, 0.1) is 6.92 Å². The molecule has 5 rings (SSSR count). The van der Waals surface area contributed by atoms with Gasteiger partial charge in [-0.15, -0.1) is 11.8 Å². The number of hydrogen-bond donors (Lipinski definition) is 3. The Morgan fingerprint density at radius 1 is 0.745 bits per heavy atom. The van der Waals surface area contributed by atoms with Gasteiger partial charge in [-0.3, -0.25) is 14.4 Å². The van der Waals surface area contributed by atoms with Gasteiger partial charge in [-0.2, -0.15) is 0 Å². The Bertz CT molecular complexity index is 1860. The van der Waals surface area contributed by atoms with Gasteiger partial charge >= 0.3 is 0 Å². The molecule has 236 valence electrons. The lowest BCUT2D eigenvalue weighted by Crippen LogP contribution is -2.30. The standard InChI is InChI=1S/C39H35N3O4S/c1-3-46-35-21-13-11-19-30(35)26-34(42-37(43)29-17-8-5-9-18-29)38(44)40-31-22-24-32(25-23-31)47-36(28-15-6-4-7-16-28)39(45)41-33-20-12-10-14-27(33)2/h4-26,36H,3H2,1-2H3,(H,40,44)(H,41,45)(H,42,43)/b34-26-. The lowest BCUT2D eigenvalue weighted by atomic mass is 10.1. The number of hydrogen-bond acceptors (Lipinski definition) is 5. The highest BCUT2D eigenvalue weighted by Gasteiger charge is 2.23. The van der Waals surface area contributed by atoms with E-state index < -0.39 is 17.1 Å². The van der Waals surface area contributed by atoms with Crippen LogP contribution in [0.3, 0.4) is 0 Å². The van der Waals surface area contributed by atoms with Gasteiger partial charge in [0.25, 0.3) is 11.8 Å². The summed E-state index contributed by atoms with van der Waals surface area (Å²) in [6.45, 7) is 4.29. The predicted molar refractivity (Wildman–Crippen MR) is 189 cm³/mol. The highest BCUT2D eigenvalue weighted by atomic mass is 32.2. The quantitative estimate of drug-likeness (QED) is 0.0941. The molecule has 7 nitrogen and oxygen atoms in total. The van der Waals surface area contributed by atoms with E-state index in [1.165, 1.54) is 11.8 Å². The molecule has 0 saturated heterocycles. The van der Waals surface area contributed by atoms with Crippen LogP contribution in [-0.2, 0) is 9.59 Å². The zero-order valence-corrected chi connectivity index (χ0v) is 26.9. The minimum absolute atomic E-state index is 0.0569. The van der Waals surface area contributed by atoms with Gasteiger partial charge in [-0.05, 0) is 79.6 Å². The minimum Gasteiger partial charge on any atom is -0.493 e. The highest BCUT2D eigenvalue weighted by molar-refractivity contribution is 8.00. The van der Waals surface area contributed by atoms with Crippen LogP contribution >= 0.6 is 11.8 Å². The first kappa shape index (κ1) is 32.8. The van der Waals surface area contributed by atoms with E-state index in [-0.39, 0.29) is 11.6 Å². The van der Waals surface area contributed by atoms with Crippen molar-refractivity contribution in [2.45, 2.75) is 24.0 Å². The molecule has 0 aromatic heterocycles. The topological polar surface area (TPSA) is 96.5 Å². The number of anilines is 2. The van der Waals surface area contributed by atoms with Gasteiger partial charge in [0, 0.05) is 27.4 Å². The average molecular weight is 642 g/mol. The van der Waals surface area contributed by atoms with Gasteiger partial charge in [-0.25, -0.2) is 0 Å². The number of rotatable bonds is 12. The van der Waals surface area contributed by atoms with Crippen molar-refractivity contribution in [2.24, 2.45) is 0 Å². The molecule has 5 aromatic rings. The van der Waals surface area contributed by atoms with Gasteiger partial charge in [0.2, 0.25) is 5.91 Å². The third kappa shape index (κ3) is 8.99. The molecule has 3 N–H and O–H groups in total. The van der Waals surface area contributed by atoms with E-state index in [9.17, 15) is 14.4 Å². The van der Waals surface area contributed by atoms with Crippen LogP contribution in [0.5, 0.6) is 5.75 Å². The van der Waals surface area contributed by atoms with Gasteiger partial charge in [0.1, 0.15) is 16.7 Å². The molecule has 0 heterocycles. The Morgan fingerprint density at radius 3 is 2.09 bits per heavy atom. The second-order valence-corrected chi connectivity index (χ2v) is 11.7. The zero-order valence-electron chi connectivity index (χ0n) is 26.1. The molecule has 0 bridgehead atoms. The van der Waals surface area contributed by atoms with Gasteiger partial charge in [0.15, 0.2) is 0 Å². The van der Waals surface area contributed by atoms with E-state index >= 15 is 0 Å². The molecule has 0 saturated carbocycles. The molecule has 0 aliphatic rings. The van der Waals surface area contributed by atoms with Crippen molar-refractivity contribution in [1.82, 2.24) is 5.32 Å². The molecule has 1 unspecified atom stereocenters. The molecular weight excluding hydrogens is 607 g/mol. The summed E-state index contributed by atoms with van der Waals surface area (Å²) in [5.41, 5.74) is 4.27. The van der Waals surface area contributed by atoms with E-state index in [0.29, 0.717) is 29.2 Å². The van der Waals surface area contributed by atoms with E-state index in [0.717, 1.165) is 21.7 Å². The summed E-state index contributed by atoms with van der Waals surface area (Å²) in [5, 5.41) is 8.22. The molecule has 5 aromatic carbocycles. The van der Waals surface area contributed by atoms with Crippen molar-refractivity contribution in [3.8, 4) is 5.75 Å². The molecule has 0 radical (unpaired) electrons. The molecule has 0 aliphatic carbocycles. The highest BCUT2D eigenvalue weighted by Crippen LogP contribution is 2.37. The first-order valence-electron chi connectivity index (χ1n) is 15.2. The summed E-state index contributed by atoms with van der Waals surface area (Å²) < 4.78 is 5.74. The van der Waals surface area contributed by atoms with Crippen molar-refractivity contribution < 1.29 is 19.1 Å². The monoisotopic (exact) mass is 641 g/mol. The fourth-order valence-electron chi connectivity index (χ4n) is 4.75. The summed E-state index contributed by atoms with van der Waals surface area (Å²) in [6, 6.07) is 40.6. The Hall–Kier alpha value is -5.60. The first-order chi connectivity index (χ1) is 22.9. The molecule has 3 amide bonds. The third-order valence-corrected chi connectivity index (χ3v) is 8.42. The van der Waals surface area contributed by atoms with E-state index in [1.54, 1.807) is 42.5 Å². The van der Waals surface area contributed by atoms with E-state index in [1.807, 2.05) is 111 Å². The van der Waals surface area contributed by atoms with Crippen LogP contribution in [-0.4, -0.2) is 24.3 Å². The molecule has 47 heavy (non-hydrogen) atoms. The number of thioether (sulfide) groups is 1. The number of para-hydroxylation sites is 2. The fourth-order valence-corrected chi connectivity index (χ4v) is 5.77. The SMILES string of the molecule is CCOc1ccccc1/C=C(\NC(=O)c1ccccc1)C(=O)Nc1ccc(SC(C(=O)Nc2ccccc2C)c2ccccc2)cc1. The summed E-state index contributed by atoms with van der Waals surface area (Å²) in [4.78, 5) is 41.0. The van der Waals surface area contributed by atoms with Crippen LogP contribution in [0.2, 0.25) is 0 Å². The predicted octanol–water partition coefficient (Wildman–Crippen LogP) is 8.28. The van der Waals surface area contributed by atoms with Gasteiger partial charge in [-0.1, -0.05) is 84.9 Å². The normalized spacial score (nSPS) is 11.7.